The average Bonchev–Trinajstić information content (AvgIpc) is 3.08. The Labute approximate surface area is 164 Å². The monoisotopic (exact) mass is 404 g/mol. The van der Waals surface area contributed by atoms with Crippen molar-refractivity contribution in [3.63, 3.8) is 0 Å². The number of thioether (sulfide) groups is 1. The van der Waals surface area contributed by atoms with Crippen LogP contribution >= 0.6 is 23.4 Å². The van der Waals surface area contributed by atoms with E-state index in [1.54, 1.807) is 6.92 Å². The molecule has 0 saturated carbocycles. The van der Waals surface area contributed by atoms with Crippen LogP contribution in [-0.4, -0.2) is 19.7 Å². The van der Waals surface area contributed by atoms with Gasteiger partial charge in [0.05, 0.1) is 6.42 Å². The van der Waals surface area contributed by atoms with E-state index in [0.29, 0.717) is 33.1 Å². The fraction of sp³-hybridized carbons (Fsp3) is 0.222. The number of halogens is 1. The van der Waals surface area contributed by atoms with Crippen molar-refractivity contribution in [3.05, 3.63) is 85.5 Å². The van der Waals surface area contributed by atoms with Crippen molar-refractivity contribution in [2.24, 2.45) is 0 Å². The summed E-state index contributed by atoms with van der Waals surface area (Å²) in [6, 6.07) is 7.52. The van der Waals surface area contributed by atoms with Crippen LogP contribution in [0.4, 0.5) is 0 Å². The second-order valence-electron chi connectivity index (χ2n) is 5.80. The van der Waals surface area contributed by atoms with Gasteiger partial charge in [-0.1, -0.05) is 41.6 Å². The minimum absolute atomic E-state index is 0.131. The molecule has 0 spiro atoms. The number of hydrogen-bond acceptors (Lipinski definition) is 6. The summed E-state index contributed by atoms with van der Waals surface area (Å²) in [7, 11) is 0. The molecule has 2 aromatic heterocycles. The molecule has 3 aromatic rings. The second-order valence-corrected chi connectivity index (χ2v) is 7.16. The van der Waals surface area contributed by atoms with Crippen LogP contribution in [0, 0.1) is 6.92 Å². The van der Waals surface area contributed by atoms with Crippen LogP contribution in [0.25, 0.3) is 0 Å². The number of hydrogen-bond donors (Lipinski definition) is 1. The van der Waals surface area contributed by atoms with Crippen molar-refractivity contribution in [3.8, 4) is 0 Å². The molecule has 1 aromatic carbocycles. The lowest BCUT2D eigenvalue weighted by Crippen LogP contribution is -2.37. The van der Waals surface area contributed by atoms with Crippen molar-refractivity contribution >= 4 is 23.4 Å². The summed E-state index contributed by atoms with van der Waals surface area (Å²) < 4.78 is 6.71. The topological polar surface area (TPSA) is 93.8 Å². The molecule has 3 rings (SSSR count). The van der Waals surface area contributed by atoms with E-state index in [2.05, 4.69) is 21.8 Å². The molecule has 0 aliphatic rings. The molecule has 0 unspecified atom stereocenters. The molecule has 0 fully saturated rings. The van der Waals surface area contributed by atoms with Crippen LogP contribution in [0.1, 0.15) is 22.7 Å². The third kappa shape index (κ3) is 4.58. The first-order chi connectivity index (χ1) is 13.0. The third-order valence-corrected chi connectivity index (χ3v) is 4.96. The van der Waals surface area contributed by atoms with Crippen LogP contribution in [0.15, 0.2) is 56.1 Å². The number of aromatic amines is 1. The maximum Gasteiger partial charge on any atom is 0.328 e. The molecule has 0 amide bonds. The first kappa shape index (κ1) is 19.2. The molecule has 0 atom stereocenters. The zero-order valence-corrected chi connectivity index (χ0v) is 16.1. The minimum Gasteiger partial charge on any atom is -0.416 e. The van der Waals surface area contributed by atoms with E-state index < -0.39 is 5.69 Å². The summed E-state index contributed by atoms with van der Waals surface area (Å²) in [5.41, 5.74) is 1.08. The van der Waals surface area contributed by atoms with E-state index in [9.17, 15) is 9.59 Å². The Bertz CT molecular complexity index is 1090. The van der Waals surface area contributed by atoms with Gasteiger partial charge in [0.15, 0.2) is 0 Å². The normalized spacial score (nSPS) is 10.9. The quantitative estimate of drug-likeness (QED) is 0.480. The Morgan fingerprint density at radius 3 is 2.93 bits per heavy atom. The third-order valence-electron chi connectivity index (χ3n) is 3.83. The highest BCUT2D eigenvalue weighted by molar-refractivity contribution is 7.98. The van der Waals surface area contributed by atoms with Crippen LogP contribution in [0.5, 0.6) is 0 Å². The van der Waals surface area contributed by atoms with Gasteiger partial charge in [-0.05, 0) is 24.6 Å². The minimum atomic E-state index is -0.468. The summed E-state index contributed by atoms with van der Waals surface area (Å²) >= 11 is 7.36. The number of allylic oxidation sites excluding steroid dienone is 1. The molecular formula is C18H17ClN4O3S. The van der Waals surface area contributed by atoms with E-state index in [1.165, 1.54) is 17.8 Å². The summed E-state index contributed by atoms with van der Waals surface area (Å²) in [6.45, 7) is 5.36. The van der Waals surface area contributed by atoms with Gasteiger partial charge in [-0.15, -0.1) is 16.8 Å². The predicted octanol–water partition coefficient (Wildman–Crippen LogP) is 2.95. The molecule has 1 N–H and O–H groups in total. The molecule has 140 valence electrons. The summed E-state index contributed by atoms with van der Waals surface area (Å²) in [4.78, 5) is 27.1. The van der Waals surface area contributed by atoms with Gasteiger partial charge in [-0.3, -0.25) is 9.36 Å². The van der Waals surface area contributed by atoms with E-state index >= 15 is 0 Å². The van der Waals surface area contributed by atoms with Crippen molar-refractivity contribution in [2.75, 3.05) is 0 Å². The van der Waals surface area contributed by atoms with Gasteiger partial charge in [0, 0.05) is 28.6 Å². The Morgan fingerprint density at radius 2 is 2.19 bits per heavy atom. The van der Waals surface area contributed by atoms with E-state index in [1.807, 2.05) is 24.3 Å². The van der Waals surface area contributed by atoms with Gasteiger partial charge in [0.1, 0.15) is 0 Å². The highest BCUT2D eigenvalue weighted by atomic mass is 35.5. The average molecular weight is 405 g/mol. The molecule has 2 heterocycles. The smallest absolute Gasteiger partial charge is 0.328 e. The molecule has 0 bridgehead atoms. The highest BCUT2D eigenvalue weighted by Gasteiger charge is 2.15. The molecule has 0 aliphatic carbocycles. The largest absolute Gasteiger partial charge is 0.416 e. The van der Waals surface area contributed by atoms with Gasteiger partial charge >= 0.3 is 5.69 Å². The molecular weight excluding hydrogens is 388 g/mol. The maximum absolute atomic E-state index is 12.5. The Hall–Kier alpha value is -2.58. The Balaban J connectivity index is 1.76. The van der Waals surface area contributed by atoms with Crippen molar-refractivity contribution < 1.29 is 4.42 Å². The number of benzene rings is 1. The molecule has 27 heavy (non-hydrogen) atoms. The Morgan fingerprint density at radius 1 is 1.37 bits per heavy atom. The number of nitrogens with zero attached hydrogens (tertiary/aromatic N) is 3. The first-order valence-electron chi connectivity index (χ1n) is 8.11. The predicted molar refractivity (Wildman–Crippen MR) is 104 cm³/mol. The number of aryl methyl sites for hydroxylation is 1. The summed E-state index contributed by atoms with van der Waals surface area (Å²) in [6.07, 6.45) is 1.64. The van der Waals surface area contributed by atoms with Crippen molar-refractivity contribution in [1.82, 2.24) is 19.7 Å². The molecule has 0 saturated heterocycles. The fourth-order valence-electron chi connectivity index (χ4n) is 2.51. The molecule has 7 nitrogen and oxygen atoms in total. The Kier molecular flexibility index (Phi) is 5.98. The lowest BCUT2D eigenvalue weighted by molar-refractivity contribution is 0.419. The lowest BCUT2D eigenvalue weighted by Gasteiger charge is -2.06. The van der Waals surface area contributed by atoms with E-state index in [4.69, 9.17) is 16.0 Å². The van der Waals surface area contributed by atoms with Crippen molar-refractivity contribution in [2.45, 2.75) is 30.9 Å². The van der Waals surface area contributed by atoms with Crippen LogP contribution < -0.4 is 11.2 Å². The number of rotatable bonds is 7. The van der Waals surface area contributed by atoms with Gasteiger partial charge < -0.3 is 9.40 Å². The SMILES string of the molecule is C=CCn1c(=O)[nH]c(C)c(Cc2nnc(SCc3cccc(Cl)c3)o2)c1=O. The van der Waals surface area contributed by atoms with E-state index in [0.717, 1.165) is 10.1 Å². The molecule has 0 aliphatic heterocycles. The van der Waals surface area contributed by atoms with Crippen LogP contribution in [0.2, 0.25) is 5.02 Å². The number of nitrogens with one attached hydrogen (secondary N) is 1. The van der Waals surface area contributed by atoms with E-state index in [-0.39, 0.29) is 18.5 Å². The first-order valence-corrected chi connectivity index (χ1v) is 9.47. The maximum atomic E-state index is 12.5. The summed E-state index contributed by atoms with van der Waals surface area (Å²) in [5.74, 6) is 0.937. The van der Waals surface area contributed by atoms with Crippen LogP contribution in [-0.2, 0) is 18.7 Å². The zero-order valence-electron chi connectivity index (χ0n) is 14.6. The lowest BCUT2D eigenvalue weighted by atomic mass is 10.1. The molecule has 9 heteroatoms. The van der Waals surface area contributed by atoms with Crippen LogP contribution in [0.3, 0.4) is 0 Å². The van der Waals surface area contributed by atoms with Gasteiger partial charge in [0.2, 0.25) is 5.89 Å². The zero-order chi connectivity index (χ0) is 19.4. The number of aromatic nitrogens is 4. The summed E-state index contributed by atoms with van der Waals surface area (Å²) in [5, 5.41) is 9.07. The number of H-pyrrole nitrogens is 1. The van der Waals surface area contributed by atoms with Gasteiger partial charge in [-0.25, -0.2) is 4.79 Å². The fourth-order valence-corrected chi connectivity index (χ4v) is 3.45. The molecule has 0 radical (unpaired) electrons. The van der Waals surface area contributed by atoms with Gasteiger partial charge in [0.25, 0.3) is 10.8 Å². The second kappa shape index (κ2) is 8.41. The standard InChI is InChI=1S/C18H17ClN4O3S/c1-3-7-23-16(24)14(11(2)20-17(23)25)9-15-21-22-18(26-15)27-10-12-5-4-6-13(19)8-12/h3-6,8H,1,7,9-10H2,2H3,(H,20,25). The highest BCUT2D eigenvalue weighted by Crippen LogP contribution is 2.23. The van der Waals surface area contributed by atoms with Crippen molar-refractivity contribution in [1.29, 1.82) is 0 Å². The van der Waals surface area contributed by atoms with Gasteiger partial charge in [-0.2, -0.15) is 0 Å².